The van der Waals surface area contributed by atoms with Crippen LogP contribution < -0.4 is 0 Å². The molecular weight excluding hydrogens is 376 g/mol. The molecule has 3 rings (SSSR count). The van der Waals surface area contributed by atoms with Gasteiger partial charge >= 0.3 is 0 Å². The van der Waals surface area contributed by atoms with Gasteiger partial charge in [-0.25, -0.2) is 4.98 Å². The molecule has 1 heterocycles. The van der Waals surface area contributed by atoms with Crippen LogP contribution in [0.1, 0.15) is 22.5 Å². The van der Waals surface area contributed by atoms with Crippen molar-refractivity contribution in [2.45, 2.75) is 18.7 Å². The molecule has 2 aromatic carbocycles. The topological polar surface area (TPSA) is 116 Å². The van der Waals surface area contributed by atoms with Gasteiger partial charge in [-0.15, -0.1) is 11.8 Å². The van der Waals surface area contributed by atoms with Crippen molar-refractivity contribution in [2.24, 2.45) is 0 Å². The SMILES string of the molecule is Cc1cc2nc(C(C#N)=Cc3ccc(SCCO)c([N+](=O)[O-])c3)[nH]c2cc1C. The van der Waals surface area contributed by atoms with Crippen molar-refractivity contribution in [1.82, 2.24) is 9.97 Å². The lowest BCUT2D eigenvalue weighted by atomic mass is 10.1. The van der Waals surface area contributed by atoms with Gasteiger partial charge in [-0.2, -0.15) is 5.26 Å². The maximum absolute atomic E-state index is 11.4. The van der Waals surface area contributed by atoms with E-state index in [2.05, 4.69) is 16.0 Å². The predicted octanol–water partition coefficient (Wildman–Crippen LogP) is 4.24. The van der Waals surface area contributed by atoms with Crippen molar-refractivity contribution < 1.29 is 10.0 Å². The zero-order valence-corrected chi connectivity index (χ0v) is 16.2. The van der Waals surface area contributed by atoms with Gasteiger partial charge in [-0.05, 0) is 54.8 Å². The van der Waals surface area contributed by atoms with E-state index >= 15 is 0 Å². The van der Waals surface area contributed by atoms with Gasteiger partial charge < -0.3 is 10.1 Å². The van der Waals surface area contributed by atoms with E-state index in [1.807, 2.05) is 26.0 Å². The number of aromatic nitrogens is 2. The first-order chi connectivity index (χ1) is 13.4. The molecule has 0 spiro atoms. The highest BCUT2D eigenvalue weighted by atomic mass is 32.2. The van der Waals surface area contributed by atoms with Crippen LogP contribution in [0.5, 0.6) is 0 Å². The summed E-state index contributed by atoms with van der Waals surface area (Å²) in [5.74, 6) is 0.793. The van der Waals surface area contributed by atoms with E-state index in [0.29, 0.717) is 22.0 Å². The molecule has 0 atom stereocenters. The van der Waals surface area contributed by atoms with Gasteiger partial charge in [0.15, 0.2) is 0 Å². The summed E-state index contributed by atoms with van der Waals surface area (Å²) < 4.78 is 0. The number of thioether (sulfide) groups is 1. The smallest absolute Gasteiger partial charge is 0.283 e. The Balaban J connectivity index is 2.02. The molecule has 0 amide bonds. The molecule has 142 valence electrons. The van der Waals surface area contributed by atoms with Gasteiger partial charge in [0.1, 0.15) is 11.9 Å². The third-order valence-corrected chi connectivity index (χ3v) is 5.36. The fraction of sp³-hybridized carbons (Fsp3) is 0.200. The fourth-order valence-electron chi connectivity index (χ4n) is 2.76. The Morgan fingerprint density at radius 2 is 2.11 bits per heavy atom. The van der Waals surface area contributed by atoms with Gasteiger partial charge in [0, 0.05) is 11.8 Å². The second kappa shape index (κ2) is 8.25. The molecule has 0 saturated carbocycles. The van der Waals surface area contributed by atoms with Crippen molar-refractivity contribution in [3.8, 4) is 6.07 Å². The van der Waals surface area contributed by atoms with E-state index in [-0.39, 0.29) is 17.9 Å². The number of nitriles is 1. The minimum Gasteiger partial charge on any atom is -0.396 e. The largest absolute Gasteiger partial charge is 0.396 e. The molecule has 0 radical (unpaired) electrons. The third-order valence-electron chi connectivity index (χ3n) is 4.31. The highest BCUT2D eigenvalue weighted by Crippen LogP contribution is 2.31. The molecule has 2 N–H and O–H groups in total. The number of aliphatic hydroxyl groups is 1. The number of rotatable bonds is 6. The lowest BCUT2D eigenvalue weighted by Crippen LogP contribution is -1.94. The molecule has 0 aliphatic heterocycles. The molecule has 0 unspecified atom stereocenters. The minimum atomic E-state index is -0.462. The first-order valence-corrected chi connectivity index (χ1v) is 9.52. The van der Waals surface area contributed by atoms with Gasteiger partial charge in [0.25, 0.3) is 5.69 Å². The van der Waals surface area contributed by atoms with Crippen LogP contribution in [0, 0.1) is 35.3 Å². The van der Waals surface area contributed by atoms with Crippen LogP contribution in [0.2, 0.25) is 0 Å². The molecular formula is C20H18N4O3S. The van der Waals surface area contributed by atoms with Crippen LogP contribution in [0.25, 0.3) is 22.7 Å². The number of benzene rings is 2. The highest BCUT2D eigenvalue weighted by Gasteiger charge is 2.15. The molecule has 0 bridgehead atoms. The normalized spacial score (nSPS) is 11.6. The van der Waals surface area contributed by atoms with Crippen LogP contribution >= 0.6 is 11.8 Å². The average Bonchev–Trinajstić information content (AvgIpc) is 3.07. The van der Waals surface area contributed by atoms with Crippen LogP contribution in [-0.2, 0) is 0 Å². The second-order valence-corrected chi connectivity index (χ2v) is 7.40. The van der Waals surface area contributed by atoms with Crippen LogP contribution in [-0.4, -0.2) is 32.4 Å². The third kappa shape index (κ3) is 4.06. The van der Waals surface area contributed by atoms with Crippen molar-refractivity contribution in [3.63, 3.8) is 0 Å². The lowest BCUT2D eigenvalue weighted by molar-refractivity contribution is -0.387. The number of hydrogen-bond acceptors (Lipinski definition) is 6. The molecule has 0 aliphatic rings. The second-order valence-electron chi connectivity index (χ2n) is 6.27. The van der Waals surface area contributed by atoms with Crippen molar-refractivity contribution >= 4 is 40.1 Å². The van der Waals surface area contributed by atoms with E-state index in [1.54, 1.807) is 18.2 Å². The van der Waals surface area contributed by atoms with Crippen LogP contribution in [0.4, 0.5) is 5.69 Å². The first-order valence-electron chi connectivity index (χ1n) is 8.54. The summed E-state index contributed by atoms with van der Waals surface area (Å²) in [6.45, 7) is 3.94. The van der Waals surface area contributed by atoms with E-state index in [1.165, 1.54) is 17.8 Å². The molecule has 8 heteroatoms. The molecule has 0 aliphatic carbocycles. The summed E-state index contributed by atoms with van der Waals surface area (Å²) in [5, 5.41) is 29.9. The predicted molar refractivity (Wildman–Crippen MR) is 110 cm³/mol. The molecule has 3 aromatic rings. The Bertz CT molecular complexity index is 1090. The average molecular weight is 394 g/mol. The molecule has 7 nitrogen and oxygen atoms in total. The Morgan fingerprint density at radius 1 is 1.36 bits per heavy atom. The van der Waals surface area contributed by atoms with Gasteiger partial charge in [0.2, 0.25) is 0 Å². The number of H-pyrrole nitrogens is 1. The van der Waals surface area contributed by atoms with Crippen molar-refractivity contribution in [3.05, 3.63) is 63.0 Å². The standard InChI is InChI=1S/C20H18N4O3S/c1-12-7-16-17(8-13(12)2)23-20(22-16)15(11-21)9-14-3-4-19(28-6-5-25)18(10-14)24(26)27/h3-4,7-10,25H,5-6H2,1-2H3,(H,22,23). The Morgan fingerprint density at radius 3 is 2.79 bits per heavy atom. The maximum Gasteiger partial charge on any atom is 0.283 e. The van der Waals surface area contributed by atoms with Crippen LogP contribution in [0.15, 0.2) is 35.2 Å². The fourth-order valence-corrected chi connectivity index (χ4v) is 3.52. The number of aromatic amines is 1. The number of allylic oxidation sites excluding steroid dienone is 1. The number of nitrogens with one attached hydrogen (secondary N) is 1. The molecule has 0 saturated heterocycles. The number of aliphatic hydroxyl groups excluding tert-OH is 1. The summed E-state index contributed by atoms with van der Waals surface area (Å²) in [4.78, 5) is 19.0. The zero-order valence-electron chi connectivity index (χ0n) is 15.4. The summed E-state index contributed by atoms with van der Waals surface area (Å²) >= 11 is 1.21. The number of nitro groups is 1. The molecule has 1 aromatic heterocycles. The molecule has 0 fully saturated rings. The summed E-state index contributed by atoms with van der Waals surface area (Å²) in [7, 11) is 0. The number of hydrogen-bond donors (Lipinski definition) is 2. The van der Waals surface area contributed by atoms with Crippen molar-refractivity contribution in [1.29, 1.82) is 5.26 Å². The zero-order chi connectivity index (χ0) is 20.3. The monoisotopic (exact) mass is 394 g/mol. The summed E-state index contributed by atoms with van der Waals surface area (Å²) in [6, 6.07) is 10.8. The maximum atomic E-state index is 11.4. The van der Waals surface area contributed by atoms with Crippen molar-refractivity contribution in [2.75, 3.05) is 12.4 Å². The Kier molecular flexibility index (Phi) is 5.78. The number of nitrogens with zero attached hydrogens (tertiary/aromatic N) is 3. The van der Waals surface area contributed by atoms with E-state index in [9.17, 15) is 15.4 Å². The number of nitro benzene ring substituents is 1. The number of aryl methyl sites for hydroxylation is 2. The van der Waals surface area contributed by atoms with E-state index in [0.717, 1.165) is 22.2 Å². The Hall–Kier alpha value is -3.15. The summed E-state index contributed by atoms with van der Waals surface area (Å²) in [5.41, 5.74) is 4.60. The Labute approximate surface area is 165 Å². The van der Waals surface area contributed by atoms with E-state index < -0.39 is 4.92 Å². The van der Waals surface area contributed by atoms with Crippen LogP contribution in [0.3, 0.4) is 0 Å². The minimum absolute atomic E-state index is 0.0552. The van der Waals surface area contributed by atoms with Gasteiger partial charge in [-0.3, -0.25) is 10.1 Å². The van der Waals surface area contributed by atoms with Gasteiger partial charge in [-0.1, -0.05) is 6.07 Å². The first kappa shape index (κ1) is 19.6. The highest BCUT2D eigenvalue weighted by molar-refractivity contribution is 7.99. The quantitative estimate of drug-likeness (QED) is 0.280. The van der Waals surface area contributed by atoms with Gasteiger partial charge in [0.05, 0.1) is 33.0 Å². The number of imidazole rings is 1. The summed E-state index contributed by atoms with van der Waals surface area (Å²) in [6.07, 6.45) is 1.57. The number of fused-ring (bicyclic) bond motifs is 1. The van der Waals surface area contributed by atoms with E-state index in [4.69, 9.17) is 5.11 Å². The molecule has 28 heavy (non-hydrogen) atoms. The lowest BCUT2D eigenvalue weighted by Gasteiger charge is -2.03.